The number of piperidine rings is 1. The van der Waals surface area contributed by atoms with Gasteiger partial charge in [-0.1, -0.05) is 36.2 Å². The molecule has 0 spiro atoms. The van der Waals surface area contributed by atoms with Crippen LogP contribution in [0.5, 0.6) is 0 Å². The zero-order valence-electron chi connectivity index (χ0n) is 12.6. The second kappa shape index (κ2) is 7.08. The van der Waals surface area contributed by atoms with Crippen LogP contribution in [0.25, 0.3) is 0 Å². The van der Waals surface area contributed by atoms with E-state index in [2.05, 4.69) is 11.0 Å². The molecule has 0 bridgehead atoms. The first-order chi connectivity index (χ1) is 10.7. The summed E-state index contributed by atoms with van der Waals surface area (Å²) in [6.07, 6.45) is 3.90. The first kappa shape index (κ1) is 15.3. The van der Waals surface area contributed by atoms with Crippen molar-refractivity contribution in [2.24, 2.45) is 0 Å². The van der Waals surface area contributed by atoms with E-state index in [1.807, 2.05) is 18.2 Å². The summed E-state index contributed by atoms with van der Waals surface area (Å²) in [7, 11) is 0. The van der Waals surface area contributed by atoms with Crippen LogP contribution < -0.4 is 0 Å². The smallest absolute Gasteiger partial charge is 0.193 e. The molecule has 0 unspecified atom stereocenters. The highest BCUT2D eigenvalue weighted by atomic mass is 35.5. The van der Waals surface area contributed by atoms with Gasteiger partial charge in [-0.15, -0.1) is 0 Å². The van der Waals surface area contributed by atoms with Crippen molar-refractivity contribution in [1.82, 2.24) is 4.90 Å². The van der Waals surface area contributed by atoms with Crippen LogP contribution in [-0.4, -0.2) is 23.8 Å². The number of benzene rings is 2. The average molecular weight is 314 g/mol. The number of halogens is 1. The summed E-state index contributed by atoms with van der Waals surface area (Å²) in [5.74, 6) is 0.0529. The average Bonchev–Trinajstić information content (AvgIpc) is 2.56. The molecular weight excluding hydrogens is 294 g/mol. The lowest BCUT2D eigenvalue weighted by atomic mass is 10.0. The van der Waals surface area contributed by atoms with E-state index in [1.165, 1.54) is 24.8 Å². The molecule has 2 aromatic carbocycles. The van der Waals surface area contributed by atoms with Gasteiger partial charge in [0.2, 0.25) is 0 Å². The van der Waals surface area contributed by atoms with Gasteiger partial charge in [0.25, 0.3) is 0 Å². The van der Waals surface area contributed by atoms with E-state index < -0.39 is 0 Å². The Hall–Kier alpha value is -1.64. The van der Waals surface area contributed by atoms with Gasteiger partial charge in [0.1, 0.15) is 0 Å². The fourth-order valence-electron chi connectivity index (χ4n) is 2.95. The zero-order valence-corrected chi connectivity index (χ0v) is 13.4. The molecule has 2 nitrogen and oxygen atoms in total. The van der Waals surface area contributed by atoms with Crippen LogP contribution in [0.3, 0.4) is 0 Å². The SMILES string of the molecule is O=C(c1ccc(Cl)cc1)c1cccc(CN2CCCCC2)c1. The summed E-state index contributed by atoms with van der Waals surface area (Å²) in [6.45, 7) is 3.26. The maximum atomic E-state index is 12.5. The van der Waals surface area contributed by atoms with Crippen molar-refractivity contribution in [3.8, 4) is 0 Å². The summed E-state index contributed by atoms with van der Waals surface area (Å²) in [4.78, 5) is 15.0. The molecule has 0 amide bonds. The lowest BCUT2D eigenvalue weighted by molar-refractivity contribution is 0.103. The van der Waals surface area contributed by atoms with Crippen molar-refractivity contribution in [1.29, 1.82) is 0 Å². The number of carbonyl (C=O) groups excluding carboxylic acids is 1. The van der Waals surface area contributed by atoms with Gasteiger partial charge in [0.15, 0.2) is 5.78 Å². The number of carbonyl (C=O) groups is 1. The quantitative estimate of drug-likeness (QED) is 0.771. The Labute approximate surface area is 136 Å². The monoisotopic (exact) mass is 313 g/mol. The van der Waals surface area contributed by atoms with Crippen LogP contribution in [0.15, 0.2) is 48.5 Å². The number of likely N-dealkylation sites (tertiary alicyclic amines) is 1. The van der Waals surface area contributed by atoms with Crippen LogP contribution in [0.1, 0.15) is 40.7 Å². The van der Waals surface area contributed by atoms with Crippen molar-refractivity contribution >= 4 is 17.4 Å². The number of ketones is 1. The van der Waals surface area contributed by atoms with Crippen molar-refractivity contribution in [2.75, 3.05) is 13.1 Å². The Bertz CT molecular complexity index is 645. The number of hydrogen-bond acceptors (Lipinski definition) is 2. The molecule has 0 aromatic heterocycles. The molecule has 0 N–H and O–H groups in total. The van der Waals surface area contributed by atoms with Crippen molar-refractivity contribution < 1.29 is 4.79 Å². The van der Waals surface area contributed by atoms with Gasteiger partial charge >= 0.3 is 0 Å². The summed E-state index contributed by atoms with van der Waals surface area (Å²) in [6, 6.07) is 15.1. The van der Waals surface area contributed by atoms with E-state index >= 15 is 0 Å². The molecular formula is C19H20ClNO. The van der Waals surface area contributed by atoms with Crippen molar-refractivity contribution in [2.45, 2.75) is 25.8 Å². The van der Waals surface area contributed by atoms with Crippen LogP contribution in [0.4, 0.5) is 0 Å². The Morgan fingerprint density at radius 1 is 0.955 bits per heavy atom. The molecule has 3 rings (SSSR count). The normalized spacial score (nSPS) is 15.7. The zero-order chi connectivity index (χ0) is 15.4. The van der Waals surface area contributed by atoms with E-state index in [0.717, 1.165) is 25.2 Å². The molecule has 22 heavy (non-hydrogen) atoms. The minimum absolute atomic E-state index is 0.0529. The summed E-state index contributed by atoms with van der Waals surface area (Å²) < 4.78 is 0. The summed E-state index contributed by atoms with van der Waals surface area (Å²) in [5.41, 5.74) is 2.64. The first-order valence-corrected chi connectivity index (χ1v) is 8.22. The fourth-order valence-corrected chi connectivity index (χ4v) is 3.08. The van der Waals surface area contributed by atoms with Gasteiger partial charge in [-0.25, -0.2) is 0 Å². The molecule has 1 aliphatic heterocycles. The number of nitrogens with zero attached hydrogens (tertiary/aromatic N) is 1. The predicted octanol–water partition coefficient (Wildman–Crippen LogP) is 4.56. The molecule has 0 atom stereocenters. The van der Waals surface area contributed by atoms with Gasteiger partial charge in [-0.3, -0.25) is 9.69 Å². The van der Waals surface area contributed by atoms with Crippen molar-refractivity contribution in [3.05, 3.63) is 70.2 Å². The summed E-state index contributed by atoms with van der Waals surface area (Å²) in [5, 5.41) is 0.649. The van der Waals surface area contributed by atoms with E-state index in [9.17, 15) is 4.79 Å². The second-order valence-corrected chi connectivity index (χ2v) is 6.31. The summed E-state index contributed by atoms with van der Waals surface area (Å²) >= 11 is 5.88. The standard InChI is InChI=1S/C19H20ClNO/c20-18-9-7-16(8-10-18)19(22)17-6-4-5-15(13-17)14-21-11-2-1-3-12-21/h4-10,13H,1-3,11-12,14H2. The van der Waals surface area contributed by atoms with Crippen LogP contribution in [-0.2, 0) is 6.54 Å². The topological polar surface area (TPSA) is 20.3 Å². The highest BCUT2D eigenvalue weighted by Gasteiger charge is 2.13. The lowest BCUT2D eigenvalue weighted by Crippen LogP contribution is -2.29. The Balaban J connectivity index is 1.75. The molecule has 3 heteroatoms. The van der Waals surface area contributed by atoms with Crippen LogP contribution >= 0.6 is 11.6 Å². The van der Waals surface area contributed by atoms with E-state index in [4.69, 9.17) is 11.6 Å². The molecule has 1 fully saturated rings. The third-order valence-corrected chi connectivity index (χ3v) is 4.40. The fraction of sp³-hybridized carbons (Fsp3) is 0.316. The number of hydrogen-bond donors (Lipinski definition) is 0. The highest BCUT2D eigenvalue weighted by molar-refractivity contribution is 6.30. The van der Waals surface area contributed by atoms with E-state index in [1.54, 1.807) is 24.3 Å². The van der Waals surface area contributed by atoms with Gasteiger partial charge < -0.3 is 0 Å². The van der Waals surface area contributed by atoms with Gasteiger partial charge in [0.05, 0.1) is 0 Å². The maximum absolute atomic E-state index is 12.5. The largest absolute Gasteiger partial charge is 0.299 e. The molecule has 0 aliphatic carbocycles. The predicted molar refractivity (Wildman–Crippen MR) is 90.5 cm³/mol. The molecule has 2 aromatic rings. The Morgan fingerprint density at radius 2 is 1.68 bits per heavy atom. The Kier molecular flexibility index (Phi) is 4.91. The molecule has 114 valence electrons. The third-order valence-electron chi connectivity index (χ3n) is 4.15. The third kappa shape index (κ3) is 3.76. The highest BCUT2D eigenvalue weighted by Crippen LogP contribution is 2.17. The lowest BCUT2D eigenvalue weighted by Gasteiger charge is -2.26. The molecule has 1 aliphatic rings. The van der Waals surface area contributed by atoms with Crippen LogP contribution in [0, 0.1) is 0 Å². The van der Waals surface area contributed by atoms with E-state index in [-0.39, 0.29) is 5.78 Å². The maximum Gasteiger partial charge on any atom is 0.193 e. The second-order valence-electron chi connectivity index (χ2n) is 5.87. The van der Waals surface area contributed by atoms with Crippen LogP contribution in [0.2, 0.25) is 5.02 Å². The first-order valence-electron chi connectivity index (χ1n) is 7.84. The van der Waals surface area contributed by atoms with Gasteiger partial charge in [-0.05, 0) is 61.8 Å². The molecule has 1 saturated heterocycles. The Morgan fingerprint density at radius 3 is 2.41 bits per heavy atom. The van der Waals surface area contributed by atoms with E-state index in [0.29, 0.717) is 10.6 Å². The number of rotatable bonds is 4. The van der Waals surface area contributed by atoms with Crippen molar-refractivity contribution in [3.63, 3.8) is 0 Å². The minimum atomic E-state index is 0.0529. The molecule has 0 radical (unpaired) electrons. The van der Waals surface area contributed by atoms with Gasteiger partial charge in [0, 0.05) is 22.7 Å². The molecule has 1 heterocycles. The molecule has 0 saturated carbocycles. The minimum Gasteiger partial charge on any atom is -0.299 e. The van der Waals surface area contributed by atoms with Gasteiger partial charge in [-0.2, -0.15) is 0 Å².